The second-order valence-corrected chi connectivity index (χ2v) is 6.28. The lowest BCUT2D eigenvalue weighted by molar-refractivity contribution is -0.385. The van der Waals surface area contributed by atoms with Crippen LogP contribution in [-0.2, 0) is 0 Å². The highest BCUT2D eigenvalue weighted by Gasteiger charge is 2.31. The topological polar surface area (TPSA) is 58.4 Å². The van der Waals surface area contributed by atoms with E-state index in [1.54, 1.807) is 6.07 Å². The number of rotatable bonds is 5. The number of nitro benzene ring substituents is 1. The van der Waals surface area contributed by atoms with Crippen molar-refractivity contribution in [2.45, 2.75) is 32.2 Å². The van der Waals surface area contributed by atoms with Gasteiger partial charge in [0.2, 0.25) is 0 Å². The van der Waals surface area contributed by atoms with E-state index in [2.05, 4.69) is 16.3 Å². The van der Waals surface area contributed by atoms with E-state index in [1.165, 1.54) is 12.8 Å². The van der Waals surface area contributed by atoms with Crippen LogP contribution in [0.2, 0.25) is 0 Å². The SMILES string of the molecule is Cc1ccc([C@H](CC2CC2)N2CCNCC2)cc1[N+](=O)[O-]. The molecule has 2 fully saturated rings. The molecule has 1 N–H and O–H groups in total. The Balaban J connectivity index is 1.87. The Hall–Kier alpha value is -1.46. The Morgan fingerprint density at radius 2 is 2.10 bits per heavy atom. The van der Waals surface area contributed by atoms with E-state index in [-0.39, 0.29) is 10.6 Å². The summed E-state index contributed by atoms with van der Waals surface area (Å²) in [5.41, 5.74) is 2.11. The number of benzene rings is 1. The molecule has 0 bridgehead atoms. The zero-order valence-electron chi connectivity index (χ0n) is 12.5. The summed E-state index contributed by atoms with van der Waals surface area (Å²) in [6, 6.07) is 6.11. The molecule has 1 aromatic carbocycles. The van der Waals surface area contributed by atoms with E-state index in [9.17, 15) is 10.1 Å². The Kier molecular flexibility index (Phi) is 4.22. The highest BCUT2D eigenvalue weighted by Crippen LogP contribution is 2.41. The van der Waals surface area contributed by atoms with Gasteiger partial charge in [0.1, 0.15) is 0 Å². The van der Waals surface area contributed by atoms with Crippen molar-refractivity contribution in [2.24, 2.45) is 5.92 Å². The third kappa shape index (κ3) is 3.41. The first-order valence-electron chi connectivity index (χ1n) is 7.85. The van der Waals surface area contributed by atoms with Gasteiger partial charge in [-0.3, -0.25) is 15.0 Å². The van der Waals surface area contributed by atoms with Crippen LogP contribution in [0.3, 0.4) is 0 Å². The minimum absolute atomic E-state index is 0.253. The van der Waals surface area contributed by atoms with Crippen molar-refractivity contribution in [3.63, 3.8) is 0 Å². The van der Waals surface area contributed by atoms with E-state index >= 15 is 0 Å². The summed E-state index contributed by atoms with van der Waals surface area (Å²) in [5, 5.41) is 14.6. The summed E-state index contributed by atoms with van der Waals surface area (Å²) in [6.45, 7) is 5.88. The Labute approximate surface area is 125 Å². The molecule has 0 aromatic heterocycles. The molecular formula is C16H23N3O2. The maximum atomic E-state index is 11.2. The van der Waals surface area contributed by atoms with Gasteiger partial charge in [-0.15, -0.1) is 0 Å². The summed E-state index contributed by atoms with van der Waals surface area (Å²) in [7, 11) is 0. The molecule has 114 valence electrons. The highest BCUT2D eigenvalue weighted by molar-refractivity contribution is 5.43. The van der Waals surface area contributed by atoms with E-state index in [1.807, 2.05) is 13.0 Å². The molecule has 5 nitrogen and oxygen atoms in total. The summed E-state index contributed by atoms with van der Waals surface area (Å²) < 4.78 is 0. The number of nitro groups is 1. The van der Waals surface area contributed by atoms with Crippen molar-refractivity contribution in [1.29, 1.82) is 0 Å². The summed E-state index contributed by atoms with van der Waals surface area (Å²) in [6.07, 6.45) is 3.77. The van der Waals surface area contributed by atoms with Gasteiger partial charge in [-0.2, -0.15) is 0 Å². The van der Waals surface area contributed by atoms with Crippen molar-refractivity contribution < 1.29 is 4.92 Å². The van der Waals surface area contributed by atoms with Crippen LogP contribution in [-0.4, -0.2) is 36.0 Å². The third-order valence-corrected chi connectivity index (χ3v) is 4.66. The number of hydrogen-bond acceptors (Lipinski definition) is 4. The van der Waals surface area contributed by atoms with Crippen LogP contribution >= 0.6 is 0 Å². The first-order chi connectivity index (χ1) is 10.1. The first kappa shape index (κ1) is 14.5. The van der Waals surface area contributed by atoms with Gasteiger partial charge in [0.15, 0.2) is 0 Å². The predicted octanol–water partition coefficient (Wildman–Crippen LogP) is 2.65. The Bertz CT molecular complexity index is 522. The van der Waals surface area contributed by atoms with Crippen LogP contribution in [0.15, 0.2) is 18.2 Å². The van der Waals surface area contributed by atoms with E-state index in [0.29, 0.717) is 6.04 Å². The van der Waals surface area contributed by atoms with Crippen LogP contribution in [0.5, 0.6) is 0 Å². The molecular weight excluding hydrogens is 266 g/mol. The fraction of sp³-hybridized carbons (Fsp3) is 0.625. The molecule has 1 aromatic rings. The maximum Gasteiger partial charge on any atom is 0.272 e. The van der Waals surface area contributed by atoms with Crippen LogP contribution in [0.25, 0.3) is 0 Å². The predicted molar refractivity (Wildman–Crippen MR) is 82.4 cm³/mol. The lowest BCUT2D eigenvalue weighted by Gasteiger charge is -2.35. The van der Waals surface area contributed by atoms with Crippen LogP contribution in [0.1, 0.15) is 36.4 Å². The second-order valence-electron chi connectivity index (χ2n) is 6.28. The highest BCUT2D eigenvalue weighted by atomic mass is 16.6. The van der Waals surface area contributed by atoms with Gasteiger partial charge in [0.05, 0.1) is 4.92 Å². The quantitative estimate of drug-likeness (QED) is 0.669. The fourth-order valence-corrected chi connectivity index (χ4v) is 3.19. The Morgan fingerprint density at radius 3 is 2.71 bits per heavy atom. The molecule has 3 rings (SSSR count). The number of nitrogens with one attached hydrogen (secondary N) is 1. The molecule has 1 saturated heterocycles. The summed E-state index contributed by atoms with van der Waals surface area (Å²) >= 11 is 0. The zero-order valence-corrected chi connectivity index (χ0v) is 12.5. The molecule has 5 heteroatoms. The summed E-state index contributed by atoms with van der Waals surface area (Å²) in [5.74, 6) is 0.810. The maximum absolute atomic E-state index is 11.2. The van der Waals surface area contributed by atoms with Gasteiger partial charge in [-0.25, -0.2) is 0 Å². The Morgan fingerprint density at radius 1 is 1.38 bits per heavy atom. The summed E-state index contributed by atoms with van der Waals surface area (Å²) in [4.78, 5) is 13.4. The fourth-order valence-electron chi connectivity index (χ4n) is 3.19. The number of piperazine rings is 1. The third-order valence-electron chi connectivity index (χ3n) is 4.66. The van der Waals surface area contributed by atoms with Crippen molar-refractivity contribution in [3.8, 4) is 0 Å². The molecule has 0 spiro atoms. The van der Waals surface area contributed by atoms with E-state index in [4.69, 9.17) is 0 Å². The van der Waals surface area contributed by atoms with Crippen LogP contribution < -0.4 is 5.32 Å². The molecule has 1 aliphatic carbocycles. The van der Waals surface area contributed by atoms with E-state index in [0.717, 1.165) is 49.6 Å². The number of aryl methyl sites for hydroxylation is 1. The van der Waals surface area contributed by atoms with Crippen LogP contribution in [0.4, 0.5) is 5.69 Å². The van der Waals surface area contributed by atoms with Gasteiger partial charge in [0.25, 0.3) is 5.69 Å². The van der Waals surface area contributed by atoms with Gasteiger partial charge in [-0.1, -0.05) is 25.0 Å². The van der Waals surface area contributed by atoms with Crippen molar-refractivity contribution in [2.75, 3.05) is 26.2 Å². The molecule has 21 heavy (non-hydrogen) atoms. The standard InChI is InChI=1S/C16H23N3O2/c1-12-2-5-14(11-15(12)19(20)21)16(10-13-3-4-13)18-8-6-17-7-9-18/h2,5,11,13,16-17H,3-4,6-10H2,1H3/t16-/m0/s1. The molecule has 0 amide bonds. The minimum atomic E-state index is -0.259. The molecule has 2 aliphatic rings. The van der Waals surface area contributed by atoms with Crippen LogP contribution in [0, 0.1) is 23.0 Å². The molecule has 1 heterocycles. The average Bonchev–Trinajstić information content (AvgIpc) is 3.30. The molecule has 1 atom stereocenters. The molecule has 1 saturated carbocycles. The second kappa shape index (κ2) is 6.12. The first-order valence-corrected chi connectivity index (χ1v) is 7.85. The molecule has 0 unspecified atom stereocenters. The van der Waals surface area contributed by atoms with Crippen molar-refractivity contribution in [3.05, 3.63) is 39.4 Å². The average molecular weight is 289 g/mol. The lowest BCUT2D eigenvalue weighted by Crippen LogP contribution is -2.45. The van der Waals surface area contributed by atoms with Gasteiger partial charge >= 0.3 is 0 Å². The largest absolute Gasteiger partial charge is 0.314 e. The zero-order chi connectivity index (χ0) is 14.8. The smallest absolute Gasteiger partial charge is 0.272 e. The minimum Gasteiger partial charge on any atom is -0.314 e. The van der Waals surface area contributed by atoms with Crippen molar-refractivity contribution >= 4 is 5.69 Å². The van der Waals surface area contributed by atoms with Gasteiger partial charge in [0, 0.05) is 43.9 Å². The molecule has 0 radical (unpaired) electrons. The van der Waals surface area contributed by atoms with E-state index < -0.39 is 0 Å². The van der Waals surface area contributed by atoms with Crippen molar-refractivity contribution in [1.82, 2.24) is 10.2 Å². The molecule has 1 aliphatic heterocycles. The monoisotopic (exact) mass is 289 g/mol. The van der Waals surface area contributed by atoms with Gasteiger partial charge in [-0.05, 0) is 24.8 Å². The normalized spacial score (nSPS) is 21.2. The lowest BCUT2D eigenvalue weighted by atomic mass is 9.97. The number of nitrogens with zero attached hydrogens (tertiary/aromatic N) is 2. The van der Waals surface area contributed by atoms with Gasteiger partial charge < -0.3 is 5.32 Å². The number of hydrogen-bond donors (Lipinski definition) is 1.